The molecule has 306 valence electrons. The molecule has 0 saturated heterocycles. The minimum absolute atomic E-state index is 0.00546. The van der Waals surface area contributed by atoms with Gasteiger partial charge in [0.15, 0.2) is 0 Å². The number of hydrogen-bond donors (Lipinski definition) is 1. The first-order valence-electron chi connectivity index (χ1n) is 21.6. The minimum Gasteiger partial charge on any atom is -0.506 e. The van der Waals surface area contributed by atoms with E-state index >= 15 is 0 Å². The highest BCUT2D eigenvalue weighted by molar-refractivity contribution is 6.16. The SMILES string of the molecule is CC(C)(C)c1cc(O)c2nc(Oc3cc(C4=N[C@H]5CCc6ccccc6C(C)(C)[C@@H]5N4c4c(-c5ccccc5)cc(-c5ccccc5)cc4-c4ccccc4)ccn3)ccc2c1. The Morgan fingerprint density at radius 1 is 0.645 bits per heavy atom. The van der Waals surface area contributed by atoms with Crippen molar-refractivity contribution in [2.24, 2.45) is 4.99 Å². The van der Waals surface area contributed by atoms with Crippen LogP contribution in [-0.2, 0) is 17.3 Å². The third kappa shape index (κ3) is 7.09. The lowest BCUT2D eigenvalue weighted by Gasteiger charge is -2.43. The van der Waals surface area contributed by atoms with E-state index in [0.717, 1.165) is 74.3 Å². The fourth-order valence-corrected chi connectivity index (χ4v) is 9.67. The molecule has 0 fully saturated rings. The van der Waals surface area contributed by atoms with E-state index < -0.39 is 0 Å². The lowest BCUT2D eigenvalue weighted by Crippen LogP contribution is -2.51. The third-order valence-electron chi connectivity index (χ3n) is 12.8. The van der Waals surface area contributed by atoms with Crippen molar-refractivity contribution in [2.45, 2.75) is 70.4 Å². The third-order valence-corrected chi connectivity index (χ3v) is 12.8. The van der Waals surface area contributed by atoms with E-state index in [1.807, 2.05) is 24.3 Å². The lowest BCUT2D eigenvalue weighted by molar-refractivity contribution is 0.374. The smallest absolute Gasteiger partial charge is 0.221 e. The van der Waals surface area contributed by atoms with Gasteiger partial charge in [-0.3, -0.25) is 4.99 Å². The van der Waals surface area contributed by atoms with Crippen LogP contribution >= 0.6 is 0 Å². The molecule has 0 amide bonds. The zero-order chi connectivity index (χ0) is 42.6. The van der Waals surface area contributed by atoms with Gasteiger partial charge >= 0.3 is 0 Å². The van der Waals surface area contributed by atoms with Crippen molar-refractivity contribution in [2.75, 3.05) is 4.90 Å². The van der Waals surface area contributed by atoms with Crippen molar-refractivity contribution in [1.82, 2.24) is 9.97 Å². The number of phenols is 1. The van der Waals surface area contributed by atoms with E-state index in [0.29, 0.717) is 17.3 Å². The van der Waals surface area contributed by atoms with Crippen molar-refractivity contribution in [1.29, 1.82) is 0 Å². The summed E-state index contributed by atoms with van der Waals surface area (Å²) in [5.41, 5.74) is 12.7. The number of rotatable bonds is 7. The number of ether oxygens (including phenoxy) is 1. The number of aromatic hydroxyl groups is 1. The first-order valence-corrected chi connectivity index (χ1v) is 21.6. The van der Waals surface area contributed by atoms with Crippen LogP contribution in [-0.4, -0.2) is 33.0 Å². The van der Waals surface area contributed by atoms with E-state index in [9.17, 15) is 5.11 Å². The van der Waals surface area contributed by atoms with Crippen LogP contribution in [0.4, 0.5) is 5.69 Å². The van der Waals surface area contributed by atoms with Gasteiger partial charge in [0.1, 0.15) is 17.1 Å². The van der Waals surface area contributed by atoms with Gasteiger partial charge in [0.25, 0.3) is 0 Å². The largest absolute Gasteiger partial charge is 0.506 e. The number of phenolic OH excluding ortho intramolecular Hbond substituents is 1. The van der Waals surface area contributed by atoms with Gasteiger partial charge in [0, 0.05) is 45.8 Å². The molecule has 1 aliphatic heterocycles. The number of nitrogens with zero attached hydrogens (tertiary/aromatic N) is 4. The van der Waals surface area contributed by atoms with Gasteiger partial charge < -0.3 is 14.7 Å². The van der Waals surface area contributed by atoms with Crippen molar-refractivity contribution in [3.8, 4) is 50.9 Å². The Morgan fingerprint density at radius 3 is 1.94 bits per heavy atom. The number of aliphatic imine (C=N–C) groups is 1. The number of fused-ring (bicyclic) bond motifs is 3. The summed E-state index contributed by atoms with van der Waals surface area (Å²) in [4.78, 5) is 17.8. The number of anilines is 1. The number of benzene rings is 6. The molecule has 6 nitrogen and oxygen atoms in total. The molecular weight excluding hydrogens is 761 g/mol. The van der Waals surface area contributed by atoms with Gasteiger partial charge in [-0.15, -0.1) is 0 Å². The average molecular weight is 811 g/mol. The summed E-state index contributed by atoms with van der Waals surface area (Å²) in [6.45, 7) is 11.2. The summed E-state index contributed by atoms with van der Waals surface area (Å²) in [7, 11) is 0. The number of amidine groups is 1. The molecule has 2 aromatic heterocycles. The van der Waals surface area contributed by atoms with Crippen molar-refractivity contribution < 1.29 is 9.84 Å². The first kappa shape index (κ1) is 39.1. The molecule has 1 aliphatic carbocycles. The summed E-state index contributed by atoms with van der Waals surface area (Å²) in [6, 6.07) is 57.5. The predicted octanol–water partition coefficient (Wildman–Crippen LogP) is 13.4. The number of hydrogen-bond acceptors (Lipinski definition) is 6. The Hall–Kier alpha value is -7.05. The van der Waals surface area contributed by atoms with Crippen LogP contribution in [0.2, 0.25) is 0 Å². The Balaban J connectivity index is 1.17. The molecule has 8 aromatic rings. The standard InChI is InChI=1S/C56H50N4O2/c1-55(2,3)43-31-40-26-28-49(59-51(40)48(61)35-43)62-50-34-41(29-30-57-50)54-58-47-27-25-39-23-15-16-24-46(39)56(4,5)53(47)60(54)52-44(37-19-11-7-12-20-37)32-42(36-17-9-6-10-18-36)33-45(52)38-21-13-8-14-22-38/h6-24,26,28-35,47,53,61H,25,27H2,1-5H3/t47-,53+/m0/s1. The van der Waals surface area contributed by atoms with Crippen LogP contribution in [0.1, 0.15) is 63.3 Å². The molecule has 62 heavy (non-hydrogen) atoms. The van der Waals surface area contributed by atoms with Crippen LogP contribution in [0, 0.1) is 0 Å². The summed E-state index contributed by atoms with van der Waals surface area (Å²) in [5.74, 6) is 1.74. The van der Waals surface area contributed by atoms with Crippen molar-refractivity contribution >= 4 is 22.4 Å². The van der Waals surface area contributed by atoms with Crippen molar-refractivity contribution in [3.05, 3.63) is 192 Å². The maximum absolute atomic E-state index is 11.1. The minimum atomic E-state index is -0.306. The predicted molar refractivity (Wildman–Crippen MR) is 254 cm³/mol. The second kappa shape index (κ2) is 15.4. The number of aromatic nitrogens is 2. The maximum atomic E-state index is 11.1. The molecular formula is C56H50N4O2. The highest BCUT2D eigenvalue weighted by Gasteiger charge is 2.50. The molecule has 1 N–H and O–H groups in total. The quantitative estimate of drug-likeness (QED) is 0.174. The molecule has 0 spiro atoms. The molecule has 6 heteroatoms. The monoisotopic (exact) mass is 810 g/mol. The van der Waals surface area contributed by atoms with Crippen LogP contribution in [0.5, 0.6) is 17.5 Å². The fraction of sp³-hybridized carbons (Fsp3) is 0.196. The van der Waals surface area contributed by atoms with E-state index in [2.05, 4.69) is 173 Å². The van der Waals surface area contributed by atoms with E-state index in [-0.39, 0.29) is 28.7 Å². The zero-order valence-electron chi connectivity index (χ0n) is 35.9. The molecule has 0 bridgehead atoms. The Bertz CT molecular complexity index is 2910. The highest BCUT2D eigenvalue weighted by Crippen LogP contribution is 2.51. The lowest BCUT2D eigenvalue weighted by atomic mass is 9.74. The first-order chi connectivity index (χ1) is 30.0. The molecule has 3 heterocycles. The van der Waals surface area contributed by atoms with E-state index in [4.69, 9.17) is 19.7 Å². The average Bonchev–Trinajstić information content (AvgIpc) is 3.64. The number of aryl methyl sites for hydroxylation is 1. The second-order valence-electron chi connectivity index (χ2n) is 18.2. The van der Waals surface area contributed by atoms with Crippen LogP contribution < -0.4 is 9.64 Å². The Labute approximate surface area is 364 Å². The Morgan fingerprint density at radius 2 is 1.27 bits per heavy atom. The molecule has 0 saturated carbocycles. The van der Waals surface area contributed by atoms with Gasteiger partial charge in [0.2, 0.25) is 11.8 Å². The summed E-state index contributed by atoms with van der Waals surface area (Å²) < 4.78 is 6.45. The molecule has 6 aromatic carbocycles. The van der Waals surface area contributed by atoms with Gasteiger partial charge in [-0.25, -0.2) is 9.97 Å². The van der Waals surface area contributed by atoms with Gasteiger partial charge in [-0.1, -0.05) is 150 Å². The molecule has 2 aliphatic rings. The second-order valence-corrected chi connectivity index (χ2v) is 18.2. The van der Waals surface area contributed by atoms with Crippen LogP contribution in [0.15, 0.2) is 175 Å². The molecule has 10 rings (SSSR count). The van der Waals surface area contributed by atoms with Gasteiger partial charge in [-0.2, -0.15) is 0 Å². The maximum Gasteiger partial charge on any atom is 0.221 e. The number of pyridine rings is 2. The van der Waals surface area contributed by atoms with Crippen LogP contribution in [0.3, 0.4) is 0 Å². The summed E-state index contributed by atoms with van der Waals surface area (Å²) in [6.07, 6.45) is 3.64. The van der Waals surface area contributed by atoms with Crippen LogP contribution in [0.25, 0.3) is 44.3 Å². The summed E-state index contributed by atoms with van der Waals surface area (Å²) >= 11 is 0. The topological polar surface area (TPSA) is 70.8 Å². The molecule has 2 atom stereocenters. The van der Waals surface area contributed by atoms with E-state index in [1.54, 1.807) is 12.3 Å². The van der Waals surface area contributed by atoms with E-state index in [1.165, 1.54) is 11.1 Å². The van der Waals surface area contributed by atoms with Crippen molar-refractivity contribution in [3.63, 3.8) is 0 Å². The molecule has 0 radical (unpaired) electrons. The summed E-state index contributed by atoms with van der Waals surface area (Å²) in [5, 5.41) is 11.9. The Kier molecular flexibility index (Phi) is 9.74. The normalized spacial score (nSPS) is 16.9. The molecule has 0 unspecified atom stereocenters. The fourth-order valence-electron chi connectivity index (χ4n) is 9.67. The zero-order valence-corrected chi connectivity index (χ0v) is 35.9. The van der Waals surface area contributed by atoms with Gasteiger partial charge in [0.05, 0.1) is 17.8 Å². The van der Waals surface area contributed by atoms with Gasteiger partial charge in [-0.05, 0) is 93.6 Å². The highest BCUT2D eigenvalue weighted by atomic mass is 16.5.